The van der Waals surface area contributed by atoms with Gasteiger partial charge >= 0.3 is 0 Å². The lowest BCUT2D eigenvalue weighted by Gasteiger charge is -1.96. The monoisotopic (exact) mass is 157 g/mol. The van der Waals surface area contributed by atoms with Crippen LogP contribution < -0.4 is 0 Å². The maximum absolute atomic E-state index is 12.5. The Balaban J connectivity index is 3.06. The molecular formula is C8H7ClF. The zero-order chi connectivity index (χ0) is 7.56. The Morgan fingerprint density at radius 1 is 1.40 bits per heavy atom. The smallest absolute Gasteiger partial charge is 0.124 e. The van der Waals surface area contributed by atoms with E-state index in [0.717, 1.165) is 5.56 Å². The van der Waals surface area contributed by atoms with Gasteiger partial charge in [0.15, 0.2) is 0 Å². The van der Waals surface area contributed by atoms with Gasteiger partial charge in [-0.3, -0.25) is 0 Å². The van der Waals surface area contributed by atoms with Gasteiger partial charge in [-0.15, -0.1) is 0 Å². The third-order valence-electron chi connectivity index (χ3n) is 1.21. The molecule has 2 heteroatoms. The summed E-state index contributed by atoms with van der Waals surface area (Å²) < 4.78 is 12.5. The predicted molar refractivity (Wildman–Crippen MR) is 40.5 cm³/mol. The summed E-state index contributed by atoms with van der Waals surface area (Å²) in [6.45, 7) is 3.61. The Morgan fingerprint density at radius 2 is 2.10 bits per heavy atom. The molecule has 0 bridgehead atoms. The summed E-state index contributed by atoms with van der Waals surface area (Å²) in [6, 6.07) is 4.41. The van der Waals surface area contributed by atoms with E-state index in [2.05, 4.69) is 6.92 Å². The Hall–Kier alpha value is -0.560. The quantitative estimate of drug-likeness (QED) is 0.588. The van der Waals surface area contributed by atoms with Crippen molar-refractivity contribution in [3.63, 3.8) is 0 Å². The summed E-state index contributed by atoms with van der Waals surface area (Å²) in [5, 5.41) is 0.429. The standard InChI is InChI=1S/C8H7ClF/c1-2-6-3-7(9)5-8(10)4-6/h3-5H,1-2H2. The van der Waals surface area contributed by atoms with Gasteiger partial charge in [0.25, 0.3) is 0 Å². The van der Waals surface area contributed by atoms with Crippen LogP contribution in [0.5, 0.6) is 0 Å². The molecule has 53 valence electrons. The maximum atomic E-state index is 12.5. The Labute approximate surface area is 64.6 Å². The molecule has 1 radical (unpaired) electrons. The average molecular weight is 158 g/mol. The molecule has 0 aromatic heterocycles. The number of rotatable bonds is 1. The van der Waals surface area contributed by atoms with Crippen molar-refractivity contribution in [2.75, 3.05) is 0 Å². The van der Waals surface area contributed by atoms with Crippen LogP contribution in [0.15, 0.2) is 18.2 Å². The SMILES string of the molecule is [CH2]Cc1cc(F)cc(Cl)c1. The normalized spacial score (nSPS) is 9.90. The summed E-state index contributed by atoms with van der Waals surface area (Å²) >= 11 is 5.56. The molecular weight excluding hydrogens is 151 g/mol. The molecule has 0 heterocycles. The number of halogens is 2. The summed E-state index contributed by atoms with van der Waals surface area (Å²) in [6.07, 6.45) is 0.567. The van der Waals surface area contributed by atoms with Gasteiger partial charge in [-0.25, -0.2) is 4.39 Å². The van der Waals surface area contributed by atoms with Crippen molar-refractivity contribution < 1.29 is 4.39 Å². The van der Waals surface area contributed by atoms with Crippen LogP contribution >= 0.6 is 11.6 Å². The Kier molecular flexibility index (Phi) is 2.28. The minimum absolute atomic E-state index is 0.300. The number of hydrogen-bond acceptors (Lipinski definition) is 0. The zero-order valence-electron chi connectivity index (χ0n) is 5.40. The maximum Gasteiger partial charge on any atom is 0.124 e. The molecule has 0 aliphatic heterocycles. The van der Waals surface area contributed by atoms with E-state index in [1.165, 1.54) is 12.1 Å². The summed E-state index contributed by atoms with van der Waals surface area (Å²) in [5.41, 5.74) is 0.824. The summed E-state index contributed by atoms with van der Waals surface area (Å²) in [7, 11) is 0. The zero-order valence-corrected chi connectivity index (χ0v) is 6.16. The summed E-state index contributed by atoms with van der Waals surface area (Å²) in [4.78, 5) is 0. The first kappa shape index (κ1) is 7.55. The number of benzene rings is 1. The highest BCUT2D eigenvalue weighted by Gasteiger charge is 1.95. The van der Waals surface area contributed by atoms with E-state index < -0.39 is 0 Å². The molecule has 0 aliphatic carbocycles. The van der Waals surface area contributed by atoms with Crippen molar-refractivity contribution in [2.24, 2.45) is 0 Å². The second kappa shape index (κ2) is 3.02. The molecule has 0 spiro atoms. The van der Waals surface area contributed by atoms with Crippen LogP contribution in [-0.4, -0.2) is 0 Å². The topological polar surface area (TPSA) is 0 Å². The minimum atomic E-state index is -0.300. The fraction of sp³-hybridized carbons (Fsp3) is 0.125. The second-order valence-corrected chi connectivity index (χ2v) is 2.46. The average Bonchev–Trinajstić information content (AvgIpc) is 1.85. The first-order valence-corrected chi connectivity index (χ1v) is 3.34. The molecule has 0 saturated heterocycles. The largest absolute Gasteiger partial charge is 0.207 e. The predicted octanol–water partition coefficient (Wildman–Crippen LogP) is 2.86. The van der Waals surface area contributed by atoms with E-state index in [-0.39, 0.29) is 5.82 Å². The van der Waals surface area contributed by atoms with Crippen molar-refractivity contribution in [1.82, 2.24) is 0 Å². The van der Waals surface area contributed by atoms with Gasteiger partial charge in [0.2, 0.25) is 0 Å². The van der Waals surface area contributed by atoms with E-state index in [1.54, 1.807) is 6.07 Å². The summed E-state index contributed by atoms with van der Waals surface area (Å²) in [5.74, 6) is -0.300. The molecule has 0 amide bonds. The van der Waals surface area contributed by atoms with Crippen molar-refractivity contribution in [3.8, 4) is 0 Å². The Bertz CT molecular complexity index is 212. The molecule has 0 aliphatic rings. The molecule has 10 heavy (non-hydrogen) atoms. The third kappa shape index (κ3) is 1.71. The van der Waals surface area contributed by atoms with E-state index in [1.807, 2.05) is 0 Å². The molecule has 0 unspecified atom stereocenters. The van der Waals surface area contributed by atoms with Gasteiger partial charge in [-0.1, -0.05) is 11.6 Å². The molecule has 1 aromatic rings. The molecule has 1 rings (SSSR count). The third-order valence-corrected chi connectivity index (χ3v) is 1.43. The minimum Gasteiger partial charge on any atom is -0.207 e. The van der Waals surface area contributed by atoms with Crippen molar-refractivity contribution in [2.45, 2.75) is 6.42 Å². The first-order valence-electron chi connectivity index (χ1n) is 2.96. The van der Waals surface area contributed by atoms with Crippen LogP contribution in [0.25, 0.3) is 0 Å². The van der Waals surface area contributed by atoms with E-state index in [4.69, 9.17) is 11.6 Å². The molecule has 0 atom stereocenters. The molecule has 0 fully saturated rings. The van der Waals surface area contributed by atoms with Gasteiger partial charge in [-0.05, 0) is 37.1 Å². The van der Waals surface area contributed by atoms with Crippen LogP contribution in [0.3, 0.4) is 0 Å². The molecule has 0 saturated carbocycles. The molecule has 1 aromatic carbocycles. The van der Waals surface area contributed by atoms with Crippen molar-refractivity contribution in [3.05, 3.63) is 41.5 Å². The van der Waals surface area contributed by atoms with E-state index in [9.17, 15) is 4.39 Å². The molecule has 0 nitrogen and oxygen atoms in total. The second-order valence-electron chi connectivity index (χ2n) is 2.03. The van der Waals surface area contributed by atoms with Crippen LogP contribution in [-0.2, 0) is 6.42 Å². The lowest BCUT2D eigenvalue weighted by atomic mass is 10.2. The van der Waals surface area contributed by atoms with Gasteiger partial charge in [0, 0.05) is 5.02 Å². The van der Waals surface area contributed by atoms with Gasteiger partial charge in [-0.2, -0.15) is 0 Å². The van der Waals surface area contributed by atoms with Gasteiger partial charge < -0.3 is 0 Å². The van der Waals surface area contributed by atoms with Gasteiger partial charge in [0.05, 0.1) is 0 Å². The van der Waals surface area contributed by atoms with Crippen LogP contribution in [0.4, 0.5) is 4.39 Å². The fourth-order valence-corrected chi connectivity index (χ4v) is 1.000. The first-order chi connectivity index (χ1) is 4.72. The molecule has 0 N–H and O–H groups in total. The van der Waals surface area contributed by atoms with Gasteiger partial charge in [0.1, 0.15) is 5.82 Å². The highest BCUT2D eigenvalue weighted by atomic mass is 35.5. The van der Waals surface area contributed by atoms with Crippen molar-refractivity contribution >= 4 is 11.6 Å². The lowest BCUT2D eigenvalue weighted by Crippen LogP contribution is -1.82. The van der Waals surface area contributed by atoms with E-state index >= 15 is 0 Å². The highest BCUT2D eigenvalue weighted by Crippen LogP contribution is 2.13. The van der Waals surface area contributed by atoms with Crippen LogP contribution in [0.2, 0.25) is 5.02 Å². The lowest BCUT2D eigenvalue weighted by molar-refractivity contribution is 0.626. The van der Waals surface area contributed by atoms with Crippen LogP contribution in [0, 0.1) is 12.7 Å². The highest BCUT2D eigenvalue weighted by molar-refractivity contribution is 6.30. The van der Waals surface area contributed by atoms with Crippen molar-refractivity contribution in [1.29, 1.82) is 0 Å². The Morgan fingerprint density at radius 3 is 2.60 bits per heavy atom. The number of hydrogen-bond donors (Lipinski definition) is 0. The van der Waals surface area contributed by atoms with Crippen LogP contribution in [0.1, 0.15) is 5.56 Å². The fourth-order valence-electron chi connectivity index (χ4n) is 0.755. The van der Waals surface area contributed by atoms with E-state index in [0.29, 0.717) is 11.4 Å².